The van der Waals surface area contributed by atoms with Gasteiger partial charge < -0.3 is 5.32 Å². The highest BCUT2D eigenvalue weighted by Gasteiger charge is 2.15. The number of rotatable bonds is 5. The summed E-state index contributed by atoms with van der Waals surface area (Å²) < 4.78 is 0. The fourth-order valence-electron chi connectivity index (χ4n) is 2.41. The maximum Gasteiger partial charge on any atom is 0.255 e. The number of aromatic amines is 1. The van der Waals surface area contributed by atoms with Gasteiger partial charge in [0, 0.05) is 17.1 Å². The molecule has 0 saturated carbocycles. The first-order valence-electron chi connectivity index (χ1n) is 7.56. The molecule has 0 aliphatic rings. The largest absolute Gasteiger partial charge is 0.352 e. The molecule has 0 bridgehead atoms. The number of nitrogens with zero attached hydrogens (tertiary/aromatic N) is 1. The van der Waals surface area contributed by atoms with Crippen molar-refractivity contribution in [3.8, 4) is 11.3 Å². The van der Waals surface area contributed by atoms with Gasteiger partial charge in [-0.3, -0.25) is 9.89 Å². The molecule has 3 aromatic rings. The molecule has 2 aromatic carbocycles. The number of aromatic nitrogens is 2. The molecule has 1 heterocycles. The Morgan fingerprint density at radius 1 is 1.04 bits per heavy atom. The molecule has 4 nitrogen and oxygen atoms in total. The average molecular weight is 395 g/mol. The molecular formula is C18H14Cl3N3O. The summed E-state index contributed by atoms with van der Waals surface area (Å²) in [6, 6.07) is 12.6. The lowest BCUT2D eigenvalue weighted by Gasteiger charge is -2.07. The van der Waals surface area contributed by atoms with Crippen molar-refractivity contribution in [2.45, 2.75) is 6.42 Å². The first-order chi connectivity index (χ1) is 12.0. The zero-order chi connectivity index (χ0) is 17.8. The summed E-state index contributed by atoms with van der Waals surface area (Å²) in [6.45, 7) is 0.474. The van der Waals surface area contributed by atoms with Crippen molar-refractivity contribution < 1.29 is 4.79 Å². The lowest BCUT2D eigenvalue weighted by Crippen LogP contribution is -2.25. The van der Waals surface area contributed by atoms with Crippen LogP contribution in [-0.4, -0.2) is 22.6 Å². The van der Waals surface area contributed by atoms with Crippen molar-refractivity contribution >= 4 is 40.7 Å². The third-order valence-electron chi connectivity index (χ3n) is 3.70. The van der Waals surface area contributed by atoms with Crippen LogP contribution in [0.25, 0.3) is 11.3 Å². The van der Waals surface area contributed by atoms with Crippen LogP contribution in [0.2, 0.25) is 15.1 Å². The van der Waals surface area contributed by atoms with Crippen LogP contribution in [0.15, 0.2) is 48.7 Å². The molecular weight excluding hydrogens is 381 g/mol. The number of H-pyrrole nitrogens is 1. The Bertz CT molecular complexity index is 891. The van der Waals surface area contributed by atoms with Gasteiger partial charge in [0.1, 0.15) is 0 Å². The monoisotopic (exact) mass is 393 g/mol. The smallest absolute Gasteiger partial charge is 0.255 e. The number of nitrogens with one attached hydrogen (secondary N) is 2. The topological polar surface area (TPSA) is 57.8 Å². The molecule has 0 unspecified atom stereocenters. The number of hydrogen-bond acceptors (Lipinski definition) is 2. The average Bonchev–Trinajstić information content (AvgIpc) is 3.08. The highest BCUT2D eigenvalue weighted by atomic mass is 35.5. The van der Waals surface area contributed by atoms with Gasteiger partial charge in [0.05, 0.1) is 27.5 Å². The van der Waals surface area contributed by atoms with E-state index in [0.29, 0.717) is 39.3 Å². The van der Waals surface area contributed by atoms with Crippen molar-refractivity contribution in [2.75, 3.05) is 6.54 Å². The Hall–Kier alpha value is -2.01. The summed E-state index contributed by atoms with van der Waals surface area (Å²) in [7, 11) is 0. The van der Waals surface area contributed by atoms with Gasteiger partial charge in [-0.25, -0.2) is 0 Å². The van der Waals surface area contributed by atoms with E-state index in [9.17, 15) is 4.79 Å². The molecule has 0 spiro atoms. The molecule has 1 aromatic heterocycles. The molecule has 0 fully saturated rings. The van der Waals surface area contributed by atoms with Crippen molar-refractivity contribution in [2.24, 2.45) is 0 Å². The summed E-state index contributed by atoms with van der Waals surface area (Å²) in [5, 5.41) is 11.4. The number of carbonyl (C=O) groups excluding carboxylic acids is 1. The number of carbonyl (C=O) groups is 1. The SMILES string of the molecule is O=C(NCCc1ccc(Cl)c(Cl)c1)c1cn[nH]c1-c1ccc(Cl)cc1. The van der Waals surface area contributed by atoms with E-state index in [1.54, 1.807) is 24.3 Å². The van der Waals surface area contributed by atoms with Crippen molar-refractivity contribution in [1.29, 1.82) is 0 Å². The fraction of sp³-hybridized carbons (Fsp3) is 0.111. The molecule has 25 heavy (non-hydrogen) atoms. The predicted molar refractivity (Wildman–Crippen MR) is 102 cm³/mol. The van der Waals surface area contributed by atoms with Gasteiger partial charge in [-0.1, -0.05) is 53.0 Å². The van der Waals surface area contributed by atoms with E-state index in [2.05, 4.69) is 15.5 Å². The lowest BCUT2D eigenvalue weighted by molar-refractivity contribution is 0.0955. The van der Waals surface area contributed by atoms with Gasteiger partial charge in [0.15, 0.2) is 0 Å². The van der Waals surface area contributed by atoms with Gasteiger partial charge in [0.25, 0.3) is 5.91 Å². The second-order valence-corrected chi connectivity index (χ2v) is 6.67. The van der Waals surface area contributed by atoms with Crippen molar-refractivity contribution in [1.82, 2.24) is 15.5 Å². The summed E-state index contributed by atoms with van der Waals surface area (Å²) in [4.78, 5) is 12.4. The fourth-order valence-corrected chi connectivity index (χ4v) is 2.85. The summed E-state index contributed by atoms with van der Waals surface area (Å²) >= 11 is 17.8. The standard InChI is InChI=1S/C18H14Cl3N3O/c19-13-4-2-12(3-5-13)17-14(10-23-24-17)18(25)22-8-7-11-1-6-15(20)16(21)9-11/h1-6,9-10H,7-8H2,(H,22,25)(H,23,24). The van der Waals surface area contributed by atoms with Crippen LogP contribution in [-0.2, 0) is 6.42 Å². The molecule has 0 saturated heterocycles. The van der Waals surface area contributed by atoms with Crippen LogP contribution in [0.1, 0.15) is 15.9 Å². The Balaban J connectivity index is 1.65. The second-order valence-electron chi connectivity index (χ2n) is 5.42. The number of benzene rings is 2. The highest BCUT2D eigenvalue weighted by molar-refractivity contribution is 6.42. The Kier molecular flexibility index (Phi) is 5.63. The molecule has 0 atom stereocenters. The quantitative estimate of drug-likeness (QED) is 0.639. The van der Waals surface area contributed by atoms with Gasteiger partial charge >= 0.3 is 0 Å². The summed E-state index contributed by atoms with van der Waals surface area (Å²) in [6.07, 6.45) is 2.16. The third-order valence-corrected chi connectivity index (χ3v) is 4.69. The number of amides is 1. The van der Waals surface area contributed by atoms with Crippen LogP contribution in [0.3, 0.4) is 0 Å². The predicted octanol–water partition coefficient (Wildman–Crippen LogP) is 5.01. The Morgan fingerprint density at radius 2 is 1.80 bits per heavy atom. The minimum Gasteiger partial charge on any atom is -0.352 e. The van der Waals surface area contributed by atoms with Crippen LogP contribution in [0, 0.1) is 0 Å². The van der Waals surface area contributed by atoms with Crippen LogP contribution in [0.5, 0.6) is 0 Å². The molecule has 2 N–H and O–H groups in total. The second kappa shape index (κ2) is 7.91. The van der Waals surface area contributed by atoms with E-state index in [1.807, 2.05) is 18.2 Å². The molecule has 0 radical (unpaired) electrons. The van der Waals surface area contributed by atoms with E-state index in [-0.39, 0.29) is 5.91 Å². The first-order valence-corrected chi connectivity index (χ1v) is 8.69. The van der Waals surface area contributed by atoms with Crippen LogP contribution < -0.4 is 5.32 Å². The van der Waals surface area contributed by atoms with Crippen molar-refractivity contribution in [3.05, 3.63) is 74.9 Å². The maximum atomic E-state index is 12.4. The molecule has 7 heteroatoms. The molecule has 128 valence electrons. The van der Waals surface area contributed by atoms with E-state index in [0.717, 1.165) is 11.1 Å². The van der Waals surface area contributed by atoms with Crippen molar-refractivity contribution in [3.63, 3.8) is 0 Å². The summed E-state index contributed by atoms with van der Waals surface area (Å²) in [5.41, 5.74) is 2.98. The van der Waals surface area contributed by atoms with Gasteiger partial charge in [-0.05, 0) is 36.2 Å². The zero-order valence-electron chi connectivity index (χ0n) is 13.0. The highest BCUT2D eigenvalue weighted by Crippen LogP contribution is 2.24. The van der Waals surface area contributed by atoms with Crippen LogP contribution >= 0.6 is 34.8 Å². The Morgan fingerprint density at radius 3 is 2.52 bits per heavy atom. The first kappa shape index (κ1) is 17.8. The van der Waals surface area contributed by atoms with Gasteiger partial charge in [0.2, 0.25) is 0 Å². The zero-order valence-corrected chi connectivity index (χ0v) is 15.3. The summed E-state index contributed by atoms with van der Waals surface area (Å²) in [5.74, 6) is -0.196. The minimum absolute atomic E-state index is 0.196. The lowest BCUT2D eigenvalue weighted by atomic mass is 10.1. The van der Waals surface area contributed by atoms with E-state index >= 15 is 0 Å². The third kappa shape index (κ3) is 4.34. The van der Waals surface area contributed by atoms with E-state index in [1.165, 1.54) is 6.20 Å². The van der Waals surface area contributed by atoms with Gasteiger partial charge in [-0.2, -0.15) is 5.10 Å². The minimum atomic E-state index is -0.196. The van der Waals surface area contributed by atoms with Gasteiger partial charge in [-0.15, -0.1) is 0 Å². The van der Waals surface area contributed by atoms with E-state index in [4.69, 9.17) is 34.8 Å². The molecule has 0 aliphatic carbocycles. The molecule has 1 amide bonds. The normalized spacial score (nSPS) is 10.7. The molecule has 3 rings (SSSR count). The number of halogens is 3. The number of hydrogen-bond donors (Lipinski definition) is 2. The maximum absolute atomic E-state index is 12.4. The van der Waals surface area contributed by atoms with E-state index < -0.39 is 0 Å². The Labute approximate surface area is 160 Å². The molecule has 0 aliphatic heterocycles. The van der Waals surface area contributed by atoms with Crippen LogP contribution in [0.4, 0.5) is 0 Å².